The molecule has 0 aliphatic carbocycles. The summed E-state index contributed by atoms with van der Waals surface area (Å²) < 4.78 is 12.8. The van der Waals surface area contributed by atoms with Gasteiger partial charge in [-0.15, -0.1) is 0 Å². The van der Waals surface area contributed by atoms with Gasteiger partial charge in [0.2, 0.25) is 0 Å². The van der Waals surface area contributed by atoms with E-state index in [1.165, 1.54) is 0 Å². The molecule has 1 saturated heterocycles. The molecule has 0 saturated carbocycles. The summed E-state index contributed by atoms with van der Waals surface area (Å²) in [5, 5.41) is 0. The van der Waals surface area contributed by atoms with Crippen molar-refractivity contribution in [3.63, 3.8) is 0 Å². The van der Waals surface area contributed by atoms with Crippen LogP contribution in [0.3, 0.4) is 0 Å². The Hall–Kier alpha value is -0.800. The van der Waals surface area contributed by atoms with E-state index >= 15 is 0 Å². The van der Waals surface area contributed by atoms with E-state index in [0.717, 1.165) is 32.8 Å². The quantitative estimate of drug-likeness (QED) is 0.639. The zero-order valence-corrected chi connectivity index (χ0v) is 7.69. The average molecular weight is 181 g/mol. The van der Waals surface area contributed by atoms with Crippen LogP contribution in [0.4, 0.5) is 0 Å². The molecule has 1 aliphatic rings. The molecule has 1 aliphatic heterocycles. The average Bonchev–Trinajstić information content (AvgIpc) is 2.53. The smallest absolute Gasteiger partial charge is 0.0830 e. The van der Waals surface area contributed by atoms with Gasteiger partial charge in [0.15, 0.2) is 0 Å². The maximum atomic E-state index is 5.47. The number of hydrogen-bond donors (Lipinski definition) is 0. The lowest BCUT2D eigenvalue weighted by Crippen LogP contribution is -2.31. The zero-order valence-electron chi connectivity index (χ0n) is 7.69. The van der Waals surface area contributed by atoms with Gasteiger partial charge in [0.05, 0.1) is 19.3 Å². The molecule has 1 unspecified atom stereocenters. The molecule has 72 valence electrons. The largest absolute Gasteiger partial charge is 0.377 e. The summed E-state index contributed by atoms with van der Waals surface area (Å²) >= 11 is 0. The van der Waals surface area contributed by atoms with Crippen molar-refractivity contribution in [1.82, 2.24) is 4.57 Å². The summed E-state index contributed by atoms with van der Waals surface area (Å²) in [7, 11) is 0. The molecule has 0 bridgehead atoms. The molecule has 1 aromatic rings. The monoisotopic (exact) mass is 181 g/mol. The van der Waals surface area contributed by atoms with Gasteiger partial charge in [0, 0.05) is 25.5 Å². The Bertz CT molecular complexity index is 229. The molecule has 13 heavy (non-hydrogen) atoms. The van der Waals surface area contributed by atoms with Gasteiger partial charge in [-0.3, -0.25) is 0 Å². The highest BCUT2D eigenvalue weighted by Crippen LogP contribution is 2.10. The molecule has 3 heteroatoms. The molecular formula is C10H15NO2. The van der Waals surface area contributed by atoms with Gasteiger partial charge in [-0.1, -0.05) is 0 Å². The second-order valence-electron chi connectivity index (χ2n) is 3.28. The van der Waals surface area contributed by atoms with Crippen molar-refractivity contribution < 1.29 is 9.47 Å². The van der Waals surface area contributed by atoms with Crippen LogP contribution in [-0.2, 0) is 16.0 Å². The number of aromatic nitrogens is 1. The van der Waals surface area contributed by atoms with Gasteiger partial charge >= 0.3 is 0 Å². The van der Waals surface area contributed by atoms with Crippen molar-refractivity contribution in [1.29, 1.82) is 0 Å². The fourth-order valence-corrected chi connectivity index (χ4v) is 1.32. The van der Waals surface area contributed by atoms with E-state index in [4.69, 9.17) is 9.47 Å². The van der Waals surface area contributed by atoms with Gasteiger partial charge in [-0.2, -0.15) is 0 Å². The highest BCUT2D eigenvalue weighted by Gasteiger charge is 2.17. The third kappa shape index (κ3) is 2.57. The Morgan fingerprint density at radius 3 is 2.77 bits per heavy atom. The fraction of sp³-hybridized carbons (Fsp3) is 0.600. The summed E-state index contributed by atoms with van der Waals surface area (Å²) in [6.07, 6.45) is 5.61. The van der Waals surface area contributed by atoms with Crippen LogP contribution >= 0.6 is 0 Å². The van der Waals surface area contributed by atoms with E-state index in [2.05, 4.69) is 4.57 Å². The summed E-state index contributed by atoms with van der Waals surface area (Å²) in [5.41, 5.74) is 0. The van der Waals surface area contributed by atoms with Crippen LogP contribution in [0, 0.1) is 0 Å². The minimum absolute atomic E-state index is 0.365. The Kier molecular flexibility index (Phi) is 3.00. The lowest BCUT2D eigenvalue weighted by molar-refractivity contribution is -0.0943. The van der Waals surface area contributed by atoms with Crippen LogP contribution in [0.25, 0.3) is 0 Å². The molecule has 0 N–H and O–H groups in total. The molecule has 1 atom stereocenters. The van der Waals surface area contributed by atoms with Crippen molar-refractivity contribution in [3.05, 3.63) is 24.5 Å². The van der Waals surface area contributed by atoms with E-state index in [1.807, 2.05) is 24.5 Å². The first-order valence-electron chi connectivity index (χ1n) is 4.75. The Morgan fingerprint density at radius 2 is 2.15 bits per heavy atom. The van der Waals surface area contributed by atoms with Crippen LogP contribution in [0.1, 0.15) is 6.42 Å². The van der Waals surface area contributed by atoms with E-state index in [-0.39, 0.29) is 0 Å². The Labute approximate surface area is 78.3 Å². The van der Waals surface area contributed by atoms with Crippen LogP contribution in [0.5, 0.6) is 0 Å². The van der Waals surface area contributed by atoms with Crippen LogP contribution in [-0.4, -0.2) is 30.5 Å². The van der Waals surface area contributed by atoms with Crippen molar-refractivity contribution >= 4 is 0 Å². The number of nitrogens with zero attached hydrogens (tertiary/aromatic N) is 1. The number of hydrogen-bond acceptors (Lipinski definition) is 2. The minimum atomic E-state index is 0.365. The number of ether oxygens (including phenoxy) is 2. The van der Waals surface area contributed by atoms with E-state index in [9.17, 15) is 0 Å². The van der Waals surface area contributed by atoms with Gasteiger partial charge in [-0.05, 0) is 18.6 Å². The molecule has 2 rings (SSSR count). The lowest BCUT2D eigenvalue weighted by atomic mass is 10.2. The first-order chi connectivity index (χ1) is 6.45. The standard InChI is InChI=1S/C10H15NO2/c1-2-5-11(4-1)6-8-12-9-10-3-7-13-10/h1-2,4-5,10H,3,6-9H2. The highest BCUT2D eigenvalue weighted by atomic mass is 16.5. The molecule has 0 aromatic carbocycles. The number of rotatable bonds is 5. The van der Waals surface area contributed by atoms with Gasteiger partial charge in [0.1, 0.15) is 0 Å². The van der Waals surface area contributed by atoms with E-state index in [0.29, 0.717) is 6.10 Å². The lowest BCUT2D eigenvalue weighted by Gasteiger charge is -2.25. The predicted octanol–water partition coefficient (Wildman–Crippen LogP) is 1.29. The van der Waals surface area contributed by atoms with Crippen molar-refractivity contribution in [2.45, 2.75) is 19.1 Å². The second kappa shape index (κ2) is 4.44. The normalized spacial score (nSPS) is 21.4. The molecule has 0 radical (unpaired) electrons. The molecule has 3 nitrogen and oxygen atoms in total. The zero-order chi connectivity index (χ0) is 8.93. The first-order valence-corrected chi connectivity index (χ1v) is 4.75. The maximum absolute atomic E-state index is 5.47. The maximum Gasteiger partial charge on any atom is 0.0830 e. The minimum Gasteiger partial charge on any atom is -0.377 e. The third-order valence-electron chi connectivity index (χ3n) is 2.26. The molecule has 0 amide bonds. The van der Waals surface area contributed by atoms with Crippen molar-refractivity contribution in [2.24, 2.45) is 0 Å². The molecule has 2 heterocycles. The van der Waals surface area contributed by atoms with Gasteiger partial charge in [-0.25, -0.2) is 0 Å². The summed E-state index contributed by atoms with van der Waals surface area (Å²) in [6, 6.07) is 4.05. The predicted molar refractivity (Wildman–Crippen MR) is 49.6 cm³/mol. The first kappa shape index (κ1) is 8.78. The topological polar surface area (TPSA) is 23.4 Å². The highest BCUT2D eigenvalue weighted by molar-refractivity contribution is 4.89. The molecule has 1 aromatic heterocycles. The Morgan fingerprint density at radius 1 is 1.38 bits per heavy atom. The van der Waals surface area contributed by atoms with Gasteiger partial charge < -0.3 is 14.0 Å². The molecular weight excluding hydrogens is 166 g/mol. The fourth-order valence-electron chi connectivity index (χ4n) is 1.32. The third-order valence-corrected chi connectivity index (χ3v) is 2.26. The van der Waals surface area contributed by atoms with Crippen LogP contribution in [0.15, 0.2) is 24.5 Å². The van der Waals surface area contributed by atoms with E-state index < -0.39 is 0 Å². The molecule has 0 spiro atoms. The summed E-state index contributed by atoms with van der Waals surface area (Å²) in [6.45, 7) is 3.36. The SMILES string of the molecule is c1ccn(CCOCC2CCO2)c1. The van der Waals surface area contributed by atoms with E-state index in [1.54, 1.807) is 0 Å². The van der Waals surface area contributed by atoms with Crippen molar-refractivity contribution in [2.75, 3.05) is 19.8 Å². The van der Waals surface area contributed by atoms with Crippen LogP contribution in [0.2, 0.25) is 0 Å². The van der Waals surface area contributed by atoms with Crippen LogP contribution < -0.4 is 0 Å². The Balaban J connectivity index is 1.53. The van der Waals surface area contributed by atoms with Gasteiger partial charge in [0.25, 0.3) is 0 Å². The molecule has 1 fully saturated rings. The summed E-state index contributed by atoms with van der Waals surface area (Å²) in [4.78, 5) is 0. The summed E-state index contributed by atoms with van der Waals surface area (Å²) in [5.74, 6) is 0. The second-order valence-corrected chi connectivity index (χ2v) is 3.28. The van der Waals surface area contributed by atoms with Crippen molar-refractivity contribution in [3.8, 4) is 0 Å².